The summed E-state index contributed by atoms with van der Waals surface area (Å²) in [6, 6.07) is 3.95. The summed E-state index contributed by atoms with van der Waals surface area (Å²) in [4.78, 5) is 0. The quantitative estimate of drug-likeness (QED) is 0.787. The third kappa shape index (κ3) is 3.13. The van der Waals surface area contributed by atoms with Gasteiger partial charge in [0.1, 0.15) is 5.82 Å². The van der Waals surface area contributed by atoms with Gasteiger partial charge in [0.05, 0.1) is 0 Å². The van der Waals surface area contributed by atoms with Gasteiger partial charge in [-0.25, -0.2) is 4.39 Å². The zero-order valence-electron chi connectivity index (χ0n) is 12.6. The van der Waals surface area contributed by atoms with Crippen LogP contribution in [0.25, 0.3) is 6.08 Å². The highest BCUT2D eigenvalue weighted by Crippen LogP contribution is 2.40. The molecule has 1 aliphatic carbocycles. The average molecular weight is 306 g/mol. The second kappa shape index (κ2) is 6.43. The number of hydrogen-bond acceptors (Lipinski definition) is 1. The fraction of sp³-hybridized carbons (Fsp3) is 0.556. The van der Waals surface area contributed by atoms with Crippen molar-refractivity contribution in [3.8, 4) is 0 Å². The second-order valence-electron chi connectivity index (χ2n) is 6.26. The minimum Gasteiger partial charge on any atom is -0.260 e. The van der Waals surface area contributed by atoms with Crippen LogP contribution in [0.3, 0.4) is 0 Å². The normalized spacial score (nSPS) is 27.0. The van der Waals surface area contributed by atoms with E-state index in [0.717, 1.165) is 29.5 Å². The fourth-order valence-corrected chi connectivity index (χ4v) is 4.77. The van der Waals surface area contributed by atoms with Crippen LogP contribution in [0.4, 0.5) is 4.39 Å². The Balaban J connectivity index is 1.95. The van der Waals surface area contributed by atoms with E-state index in [2.05, 4.69) is 6.07 Å². The maximum Gasteiger partial charge on any atom is 0.127 e. The predicted molar refractivity (Wildman–Crippen MR) is 87.6 cm³/mol. The molecule has 21 heavy (non-hydrogen) atoms. The molecule has 0 radical (unpaired) electrons. The Hall–Kier alpha value is -0.960. The van der Waals surface area contributed by atoms with E-state index in [4.69, 9.17) is 0 Å². The topological polar surface area (TPSA) is 17.1 Å². The first-order valence-electron chi connectivity index (χ1n) is 8.00. The summed E-state index contributed by atoms with van der Waals surface area (Å²) in [7, 11) is -0.696. The molecule has 1 heterocycles. The molecule has 0 atom stereocenters. The minimum absolute atomic E-state index is 0.0508. The highest BCUT2D eigenvalue weighted by Gasteiger charge is 2.27. The largest absolute Gasteiger partial charge is 0.260 e. The minimum atomic E-state index is -0.696. The van der Waals surface area contributed by atoms with E-state index >= 15 is 0 Å². The Morgan fingerprint density at radius 3 is 2.43 bits per heavy atom. The van der Waals surface area contributed by atoms with Gasteiger partial charge in [-0.15, -0.1) is 0 Å². The van der Waals surface area contributed by atoms with Crippen molar-refractivity contribution in [3.63, 3.8) is 0 Å². The molecule has 1 nitrogen and oxygen atoms in total. The lowest BCUT2D eigenvalue weighted by molar-refractivity contribution is 0.417. The van der Waals surface area contributed by atoms with Crippen molar-refractivity contribution in [1.82, 2.24) is 0 Å². The Kier molecular flexibility index (Phi) is 4.58. The maximum absolute atomic E-state index is 14.7. The zero-order valence-corrected chi connectivity index (χ0v) is 13.4. The summed E-state index contributed by atoms with van der Waals surface area (Å²) in [5.74, 6) is 2.15. The summed E-state index contributed by atoms with van der Waals surface area (Å²) >= 11 is 0. The molecule has 1 saturated carbocycles. The molecule has 2 aliphatic rings. The van der Waals surface area contributed by atoms with Crippen LogP contribution in [0.2, 0.25) is 0 Å². The van der Waals surface area contributed by atoms with Gasteiger partial charge in [0.25, 0.3) is 0 Å². The van der Waals surface area contributed by atoms with E-state index < -0.39 is 10.8 Å². The Bertz CT molecular complexity index is 565. The average Bonchev–Trinajstić information content (AvgIpc) is 2.39. The van der Waals surface area contributed by atoms with Crippen LogP contribution in [0.1, 0.15) is 67.6 Å². The van der Waals surface area contributed by atoms with Gasteiger partial charge in [0.15, 0.2) is 0 Å². The highest BCUT2D eigenvalue weighted by molar-refractivity contribution is 7.85. The summed E-state index contributed by atoms with van der Waals surface area (Å²) in [6.07, 6.45) is 9.36. The molecule has 1 aromatic carbocycles. The van der Waals surface area contributed by atoms with Gasteiger partial charge in [0, 0.05) is 22.3 Å². The lowest BCUT2D eigenvalue weighted by Crippen LogP contribution is -2.19. The van der Waals surface area contributed by atoms with Crippen molar-refractivity contribution in [1.29, 1.82) is 0 Å². The molecule has 0 aromatic heterocycles. The van der Waals surface area contributed by atoms with Crippen molar-refractivity contribution in [2.75, 3.05) is 11.5 Å². The maximum atomic E-state index is 14.7. The van der Waals surface area contributed by atoms with E-state index in [1.165, 1.54) is 19.3 Å². The van der Waals surface area contributed by atoms with E-state index in [9.17, 15) is 8.60 Å². The molecule has 0 spiro atoms. The SMILES string of the molecule is C/C=C/c1cc(C2CCC2)cc(F)c1C1CCS(=O)CC1. The van der Waals surface area contributed by atoms with E-state index in [0.29, 0.717) is 17.4 Å². The Morgan fingerprint density at radius 2 is 1.86 bits per heavy atom. The molecular weight excluding hydrogens is 283 g/mol. The van der Waals surface area contributed by atoms with Crippen LogP contribution in [0.5, 0.6) is 0 Å². The number of benzene rings is 1. The predicted octanol–water partition coefficient (Wildman–Crippen LogP) is 4.75. The fourth-order valence-electron chi connectivity index (χ4n) is 3.47. The number of halogens is 1. The molecule has 2 fully saturated rings. The molecule has 1 aliphatic heterocycles. The lowest BCUT2D eigenvalue weighted by Gasteiger charge is -2.29. The van der Waals surface area contributed by atoms with Gasteiger partial charge < -0.3 is 0 Å². The van der Waals surface area contributed by atoms with Gasteiger partial charge in [-0.2, -0.15) is 0 Å². The first kappa shape index (κ1) is 15.0. The van der Waals surface area contributed by atoms with Gasteiger partial charge in [-0.05, 0) is 67.2 Å². The van der Waals surface area contributed by atoms with Crippen LogP contribution < -0.4 is 0 Å². The van der Waals surface area contributed by atoms with Gasteiger partial charge >= 0.3 is 0 Å². The molecule has 3 heteroatoms. The highest BCUT2D eigenvalue weighted by atomic mass is 32.2. The molecule has 3 rings (SSSR count). The van der Waals surface area contributed by atoms with Crippen LogP contribution in [-0.4, -0.2) is 15.7 Å². The standard InChI is InChI=1S/C18H23FOS/c1-2-4-15-11-16(13-5-3-6-13)12-17(19)18(15)14-7-9-21(20)10-8-14/h2,4,11-14H,3,5-10H2,1H3/b4-2+. The lowest BCUT2D eigenvalue weighted by atomic mass is 9.78. The van der Waals surface area contributed by atoms with Crippen LogP contribution in [-0.2, 0) is 10.8 Å². The summed E-state index contributed by atoms with van der Waals surface area (Å²) in [6.45, 7) is 1.98. The van der Waals surface area contributed by atoms with Crippen molar-refractivity contribution in [2.24, 2.45) is 0 Å². The summed E-state index contributed by atoms with van der Waals surface area (Å²) < 4.78 is 26.3. The molecule has 0 bridgehead atoms. The van der Waals surface area contributed by atoms with Crippen molar-refractivity contribution < 1.29 is 8.60 Å². The van der Waals surface area contributed by atoms with Crippen LogP contribution >= 0.6 is 0 Å². The molecule has 114 valence electrons. The summed E-state index contributed by atoms with van der Waals surface area (Å²) in [5.41, 5.74) is 3.06. The van der Waals surface area contributed by atoms with Crippen LogP contribution in [0.15, 0.2) is 18.2 Å². The monoisotopic (exact) mass is 306 g/mol. The number of allylic oxidation sites excluding steroid dienone is 1. The third-order valence-electron chi connectivity index (χ3n) is 4.90. The first-order valence-corrected chi connectivity index (χ1v) is 9.49. The number of rotatable bonds is 3. The Labute approximate surface area is 129 Å². The van der Waals surface area contributed by atoms with E-state index in [1.54, 1.807) is 6.07 Å². The summed E-state index contributed by atoms with van der Waals surface area (Å²) in [5, 5.41) is 0. The molecule has 0 amide bonds. The van der Waals surface area contributed by atoms with Gasteiger partial charge in [0.2, 0.25) is 0 Å². The van der Waals surface area contributed by atoms with Crippen molar-refractivity contribution in [2.45, 2.75) is 50.9 Å². The molecular formula is C18H23FOS. The van der Waals surface area contributed by atoms with E-state index in [-0.39, 0.29) is 11.7 Å². The third-order valence-corrected chi connectivity index (χ3v) is 6.28. The zero-order chi connectivity index (χ0) is 14.8. The van der Waals surface area contributed by atoms with Crippen molar-refractivity contribution >= 4 is 16.9 Å². The number of hydrogen-bond donors (Lipinski definition) is 0. The molecule has 0 N–H and O–H groups in total. The van der Waals surface area contributed by atoms with Crippen LogP contribution in [0, 0.1) is 5.82 Å². The molecule has 0 unspecified atom stereocenters. The van der Waals surface area contributed by atoms with E-state index in [1.807, 2.05) is 19.1 Å². The first-order chi connectivity index (χ1) is 10.2. The second-order valence-corrected chi connectivity index (χ2v) is 7.95. The molecule has 1 saturated heterocycles. The van der Waals surface area contributed by atoms with Gasteiger partial charge in [-0.3, -0.25) is 4.21 Å². The smallest absolute Gasteiger partial charge is 0.127 e. The van der Waals surface area contributed by atoms with Gasteiger partial charge in [-0.1, -0.05) is 24.6 Å². The Morgan fingerprint density at radius 1 is 1.14 bits per heavy atom. The van der Waals surface area contributed by atoms with Crippen molar-refractivity contribution in [3.05, 3.63) is 40.7 Å². The molecule has 1 aromatic rings.